The summed E-state index contributed by atoms with van der Waals surface area (Å²) >= 11 is 0. The number of hydrogen-bond acceptors (Lipinski definition) is 2. The SMILES string of the molecule is CCCC1NC(C)(CC)C(=O)N1CC(C)C1CC1. The first-order chi connectivity index (χ1) is 8.51. The Labute approximate surface area is 111 Å². The predicted octanol–water partition coefficient (Wildman–Crippen LogP) is 2.76. The fourth-order valence-electron chi connectivity index (χ4n) is 3.06. The number of rotatable bonds is 6. The van der Waals surface area contributed by atoms with Crippen molar-refractivity contribution in [3.8, 4) is 0 Å². The maximum atomic E-state index is 12.6. The van der Waals surface area contributed by atoms with Crippen LogP contribution in [0, 0.1) is 11.8 Å². The number of nitrogens with one attached hydrogen (secondary N) is 1. The van der Waals surface area contributed by atoms with Gasteiger partial charge in [-0.25, -0.2) is 0 Å². The van der Waals surface area contributed by atoms with Gasteiger partial charge < -0.3 is 4.90 Å². The molecule has 1 heterocycles. The Morgan fingerprint density at radius 2 is 2.11 bits per heavy atom. The van der Waals surface area contributed by atoms with Crippen LogP contribution in [0.15, 0.2) is 0 Å². The van der Waals surface area contributed by atoms with Crippen LogP contribution in [0.5, 0.6) is 0 Å². The van der Waals surface area contributed by atoms with E-state index >= 15 is 0 Å². The highest BCUT2D eigenvalue weighted by atomic mass is 16.2. The first kappa shape index (κ1) is 13.9. The van der Waals surface area contributed by atoms with Crippen LogP contribution in [-0.2, 0) is 4.79 Å². The third kappa shape index (κ3) is 2.56. The summed E-state index contributed by atoms with van der Waals surface area (Å²) < 4.78 is 0. The summed E-state index contributed by atoms with van der Waals surface area (Å²) in [5.74, 6) is 1.85. The number of nitrogens with zero attached hydrogens (tertiary/aromatic N) is 1. The van der Waals surface area contributed by atoms with Gasteiger partial charge in [0.05, 0.1) is 11.7 Å². The van der Waals surface area contributed by atoms with Gasteiger partial charge in [0, 0.05) is 6.54 Å². The lowest BCUT2D eigenvalue weighted by Gasteiger charge is -2.27. The molecule has 3 atom stereocenters. The van der Waals surface area contributed by atoms with Gasteiger partial charge in [-0.2, -0.15) is 0 Å². The highest BCUT2D eigenvalue weighted by Gasteiger charge is 2.47. The average Bonchev–Trinajstić information content (AvgIpc) is 3.15. The number of hydrogen-bond donors (Lipinski definition) is 1. The third-order valence-corrected chi connectivity index (χ3v) is 4.77. The molecule has 1 N–H and O–H groups in total. The number of carbonyl (C=O) groups excluding carboxylic acids is 1. The van der Waals surface area contributed by atoms with E-state index in [1.165, 1.54) is 12.8 Å². The highest BCUT2D eigenvalue weighted by Crippen LogP contribution is 2.38. The maximum Gasteiger partial charge on any atom is 0.243 e. The van der Waals surface area contributed by atoms with E-state index in [1.807, 2.05) is 0 Å². The zero-order chi connectivity index (χ0) is 13.3. The second kappa shape index (κ2) is 5.20. The van der Waals surface area contributed by atoms with Crippen LogP contribution in [0.2, 0.25) is 0 Å². The van der Waals surface area contributed by atoms with Crippen LogP contribution in [-0.4, -0.2) is 29.1 Å². The monoisotopic (exact) mass is 252 g/mol. The summed E-state index contributed by atoms with van der Waals surface area (Å²) in [7, 11) is 0. The molecule has 1 amide bonds. The molecular formula is C15H28N2O. The predicted molar refractivity (Wildman–Crippen MR) is 74.1 cm³/mol. The molecule has 1 saturated carbocycles. The van der Waals surface area contributed by atoms with E-state index in [1.54, 1.807) is 0 Å². The van der Waals surface area contributed by atoms with Crippen LogP contribution in [0.4, 0.5) is 0 Å². The van der Waals surface area contributed by atoms with Crippen molar-refractivity contribution in [2.45, 2.75) is 71.5 Å². The molecule has 3 nitrogen and oxygen atoms in total. The van der Waals surface area contributed by atoms with Crippen molar-refractivity contribution in [1.29, 1.82) is 0 Å². The zero-order valence-electron chi connectivity index (χ0n) is 12.3. The van der Waals surface area contributed by atoms with Crippen molar-refractivity contribution in [2.24, 2.45) is 11.8 Å². The standard InChI is InChI=1S/C15H28N2O/c1-5-7-13-16-15(4,6-2)14(18)17(13)10-11(3)12-8-9-12/h11-13,16H,5-10H2,1-4H3. The van der Waals surface area contributed by atoms with Crippen LogP contribution in [0.3, 0.4) is 0 Å². The normalized spacial score (nSPS) is 34.1. The molecule has 1 saturated heterocycles. The Kier molecular flexibility index (Phi) is 4.00. The number of amides is 1. The van der Waals surface area contributed by atoms with Gasteiger partial charge in [0.2, 0.25) is 5.91 Å². The van der Waals surface area contributed by atoms with E-state index in [0.29, 0.717) is 11.8 Å². The molecule has 0 aromatic rings. The lowest BCUT2D eigenvalue weighted by Crippen LogP contribution is -2.43. The average molecular weight is 252 g/mol. The molecule has 18 heavy (non-hydrogen) atoms. The largest absolute Gasteiger partial charge is 0.325 e. The fraction of sp³-hybridized carbons (Fsp3) is 0.933. The summed E-state index contributed by atoms with van der Waals surface area (Å²) in [5.41, 5.74) is -0.330. The van der Waals surface area contributed by atoms with Gasteiger partial charge >= 0.3 is 0 Å². The Hall–Kier alpha value is -0.570. The lowest BCUT2D eigenvalue weighted by molar-refractivity contribution is -0.133. The molecule has 0 aromatic heterocycles. The smallest absolute Gasteiger partial charge is 0.243 e. The van der Waals surface area contributed by atoms with Crippen LogP contribution in [0.25, 0.3) is 0 Å². The molecule has 2 fully saturated rings. The molecule has 3 unspecified atom stereocenters. The molecule has 0 bridgehead atoms. The summed E-state index contributed by atoms with van der Waals surface area (Å²) in [6.45, 7) is 9.59. The fourth-order valence-corrected chi connectivity index (χ4v) is 3.06. The van der Waals surface area contributed by atoms with Crippen LogP contribution < -0.4 is 5.32 Å². The summed E-state index contributed by atoms with van der Waals surface area (Å²) in [6, 6.07) is 0. The van der Waals surface area contributed by atoms with Gasteiger partial charge in [-0.3, -0.25) is 10.1 Å². The molecule has 1 aliphatic heterocycles. The van der Waals surface area contributed by atoms with Crippen molar-refractivity contribution in [3.63, 3.8) is 0 Å². The maximum absolute atomic E-state index is 12.6. The van der Waals surface area contributed by atoms with Crippen molar-refractivity contribution >= 4 is 5.91 Å². The highest BCUT2D eigenvalue weighted by molar-refractivity contribution is 5.88. The Morgan fingerprint density at radius 1 is 1.44 bits per heavy atom. The molecular weight excluding hydrogens is 224 g/mol. The Morgan fingerprint density at radius 3 is 2.61 bits per heavy atom. The van der Waals surface area contributed by atoms with Gasteiger partial charge in [-0.1, -0.05) is 27.2 Å². The first-order valence-corrected chi connectivity index (χ1v) is 7.60. The third-order valence-electron chi connectivity index (χ3n) is 4.77. The minimum atomic E-state index is -0.330. The molecule has 0 aromatic carbocycles. The Balaban J connectivity index is 2.05. The van der Waals surface area contributed by atoms with Crippen LogP contribution >= 0.6 is 0 Å². The molecule has 0 spiro atoms. The quantitative estimate of drug-likeness (QED) is 0.788. The van der Waals surface area contributed by atoms with E-state index in [0.717, 1.165) is 31.7 Å². The second-order valence-electron chi connectivity index (χ2n) is 6.41. The zero-order valence-corrected chi connectivity index (χ0v) is 12.3. The van der Waals surface area contributed by atoms with Gasteiger partial charge in [0.15, 0.2) is 0 Å². The van der Waals surface area contributed by atoms with E-state index in [-0.39, 0.29) is 11.7 Å². The molecule has 104 valence electrons. The molecule has 2 rings (SSSR count). The first-order valence-electron chi connectivity index (χ1n) is 7.60. The van der Waals surface area contributed by atoms with Crippen LogP contribution in [0.1, 0.15) is 59.8 Å². The van der Waals surface area contributed by atoms with E-state index in [9.17, 15) is 4.79 Å². The molecule has 2 aliphatic rings. The van der Waals surface area contributed by atoms with Crippen molar-refractivity contribution in [2.75, 3.05) is 6.54 Å². The van der Waals surface area contributed by atoms with Crippen molar-refractivity contribution < 1.29 is 4.79 Å². The van der Waals surface area contributed by atoms with Gasteiger partial charge in [-0.15, -0.1) is 0 Å². The van der Waals surface area contributed by atoms with Gasteiger partial charge in [0.25, 0.3) is 0 Å². The number of carbonyl (C=O) groups is 1. The minimum Gasteiger partial charge on any atom is -0.325 e. The van der Waals surface area contributed by atoms with Gasteiger partial charge in [0.1, 0.15) is 0 Å². The van der Waals surface area contributed by atoms with Crippen molar-refractivity contribution in [1.82, 2.24) is 10.2 Å². The van der Waals surface area contributed by atoms with E-state index in [2.05, 4.69) is 37.9 Å². The Bertz CT molecular complexity index is 314. The lowest BCUT2D eigenvalue weighted by atomic mass is 9.98. The van der Waals surface area contributed by atoms with E-state index < -0.39 is 0 Å². The van der Waals surface area contributed by atoms with E-state index in [4.69, 9.17) is 0 Å². The van der Waals surface area contributed by atoms with Crippen molar-refractivity contribution in [3.05, 3.63) is 0 Å². The topological polar surface area (TPSA) is 32.3 Å². The molecule has 1 aliphatic carbocycles. The summed E-state index contributed by atoms with van der Waals surface area (Å²) in [6.07, 6.45) is 6.05. The molecule has 0 radical (unpaired) electrons. The second-order valence-corrected chi connectivity index (χ2v) is 6.41. The van der Waals surface area contributed by atoms with Gasteiger partial charge in [-0.05, 0) is 44.4 Å². The minimum absolute atomic E-state index is 0.258. The summed E-state index contributed by atoms with van der Waals surface area (Å²) in [4.78, 5) is 14.7. The summed E-state index contributed by atoms with van der Waals surface area (Å²) in [5, 5.41) is 3.56. The molecule has 3 heteroatoms.